The average molecular weight is 399 g/mol. The van der Waals surface area contributed by atoms with Crippen molar-refractivity contribution in [2.24, 2.45) is 5.92 Å². The van der Waals surface area contributed by atoms with E-state index in [4.69, 9.17) is 10.8 Å². The number of anilines is 1. The Bertz CT molecular complexity index is 1090. The topological polar surface area (TPSA) is 167 Å². The molecule has 0 unspecified atom stereocenters. The zero-order chi connectivity index (χ0) is 21.1. The number of aromatic amines is 1. The number of carboxylic acids is 1. The first-order valence-electron chi connectivity index (χ1n) is 8.81. The molecule has 29 heavy (non-hydrogen) atoms. The number of aliphatic hydroxyl groups is 2. The summed E-state index contributed by atoms with van der Waals surface area (Å²) in [6.07, 6.45) is 1.20. The van der Waals surface area contributed by atoms with Crippen LogP contribution in [0.1, 0.15) is 22.8 Å². The van der Waals surface area contributed by atoms with Crippen LogP contribution in [0.25, 0.3) is 11.2 Å². The van der Waals surface area contributed by atoms with Crippen molar-refractivity contribution in [2.75, 3.05) is 12.3 Å². The Hall–Kier alpha value is -3.50. The zero-order valence-corrected chi connectivity index (χ0v) is 15.4. The van der Waals surface area contributed by atoms with Gasteiger partial charge in [0.05, 0.1) is 30.6 Å². The van der Waals surface area contributed by atoms with Gasteiger partial charge in [-0.25, -0.2) is 9.78 Å². The van der Waals surface area contributed by atoms with E-state index in [1.54, 1.807) is 34.9 Å². The molecule has 10 nitrogen and oxygen atoms in total. The molecule has 2 heterocycles. The number of nitrogen functional groups attached to an aromatic ring is 1. The molecule has 1 aliphatic carbocycles. The van der Waals surface area contributed by atoms with Crippen LogP contribution in [0.15, 0.2) is 53.6 Å². The first-order chi connectivity index (χ1) is 13.8. The summed E-state index contributed by atoms with van der Waals surface area (Å²) >= 11 is 0. The van der Waals surface area contributed by atoms with Crippen molar-refractivity contribution in [3.63, 3.8) is 0 Å². The maximum absolute atomic E-state index is 11.7. The molecule has 1 aromatic carbocycles. The molecule has 1 fully saturated rings. The fourth-order valence-electron chi connectivity index (χ4n) is 3.32. The van der Waals surface area contributed by atoms with E-state index in [1.165, 1.54) is 6.33 Å². The Morgan fingerprint density at radius 2 is 2.03 bits per heavy atom. The van der Waals surface area contributed by atoms with Crippen molar-refractivity contribution in [1.82, 2.24) is 19.5 Å². The second kappa shape index (κ2) is 8.25. The monoisotopic (exact) mass is 399 g/mol. The van der Waals surface area contributed by atoms with Crippen LogP contribution in [0.5, 0.6) is 0 Å². The van der Waals surface area contributed by atoms with Crippen LogP contribution in [0.2, 0.25) is 0 Å². The summed E-state index contributed by atoms with van der Waals surface area (Å²) in [6, 6.07) is 8.03. The highest BCUT2D eigenvalue weighted by Gasteiger charge is 2.37. The van der Waals surface area contributed by atoms with Crippen LogP contribution >= 0.6 is 0 Å². The van der Waals surface area contributed by atoms with E-state index in [-0.39, 0.29) is 30.0 Å². The zero-order valence-electron chi connectivity index (χ0n) is 15.4. The number of nitrogens with zero attached hydrogens (tertiary/aromatic N) is 3. The van der Waals surface area contributed by atoms with Crippen LogP contribution in [0, 0.1) is 5.92 Å². The van der Waals surface area contributed by atoms with Crippen LogP contribution < -0.4 is 11.3 Å². The lowest BCUT2D eigenvalue weighted by molar-refractivity contribution is 0.0696. The number of carboxylic acid groups (broad SMARTS) is 1. The minimum atomic E-state index is -0.879. The Labute approximate surface area is 165 Å². The summed E-state index contributed by atoms with van der Waals surface area (Å²) in [5, 5.41) is 27.6. The molecule has 1 saturated carbocycles. The summed E-state index contributed by atoms with van der Waals surface area (Å²) < 4.78 is 1.67. The fraction of sp³-hybridized carbons (Fsp3) is 0.263. The van der Waals surface area contributed by atoms with Gasteiger partial charge in [-0.05, 0) is 24.1 Å². The molecule has 0 radical (unpaired) electrons. The van der Waals surface area contributed by atoms with E-state index in [2.05, 4.69) is 21.5 Å². The van der Waals surface area contributed by atoms with Gasteiger partial charge in [0.1, 0.15) is 0 Å². The van der Waals surface area contributed by atoms with Gasteiger partial charge >= 0.3 is 5.97 Å². The first kappa shape index (κ1) is 20.2. The van der Waals surface area contributed by atoms with Gasteiger partial charge in [-0.3, -0.25) is 9.78 Å². The maximum atomic E-state index is 11.7. The van der Waals surface area contributed by atoms with Crippen molar-refractivity contribution >= 4 is 23.1 Å². The second-order valence-corrected chi connectivity index (χ2v) is 6.63. The van der Waals surface area contributed by atoms with Crippen molar-refractivity contribution in [1.29, 1.82) is 0 Å². The number of imidazole rings is 1. The van der Waals surface area contributed by atoms with Crippen LogP contribution in [0.3, 0.4) is 0 Å². The number of aromatic nitrogens is 4. The quantitative estimate of drug-likeness (QED) is 0.398. The lowest BCUT2D eigenvalue weighted by Gasteiger charge is -2.15. The van der Waals surface area contributed by atoms with Gasteiger partial charge in [-0.15, -0.1) is 0 Å². The number of nitrogens with one attached hydrogen (secondary N) is 1. The molecule has 0 amide bonds. The number of carbonyl (C=O) groups is 1. The molecule has 6 N–H and O–H groups in total. The summed E-state index contributed by atoms with van der Waals surface area (Å²) in [5.41, 5.74) is 6.70. The van der Waals surface area contributed by atoms with E-state index in [0.29, 0.717) is 23.2 Å². The molecular weight excluding hydrogens is 378 g/mol. The SMILES string of the molecule is C=C1[C@H](CO)[C@@H](O)C[C@@H]1n1cnc2c(=O)[nH]c(N)nc21.O=C(O)c1ccccc1. The smallest absolute Gasteiger partial charge is 0.335 e. The van der Waals surface area contributed by atoms with Gasteiger partial charge in [-0.2, -0.15) is 4.98 Å². The Morgan fingerprint density at radius 1 is 1.34 bits per heavy atom. The number of H-pyrrole nitrogens is 1. The van der Waals surface area contributed by atoms with Gasteiger partial charge < -0.3 is 25.6 Å². The van der Waals surface area contributed by atoms with Crippen molar-refractivity contribution in [3.8, 4) is 0 Å². The third kappa shape index (κ3) is 4.03. The molecule has 1 aliphatic rings. The Kier molecular flexibility index (Phi) is 5.76. The van der Waals surface area contributed by atoms with E-state index in [1.807, 2.05) is 0 Å². The minimum absolute atomic E-state index is 0.00659. The summed E-state index contributed by atoms with van der Waals surface area (Å²) in [6.45, 7) is 3.76. The highest BCUT2D eigenvalue weighted by Crippen LogP contribution is 2.39. The van der Waals surface area contributed by atoms with Crippen LogP contribution in [-0.2, 0) is 0 Å². The normalized spacial score (nSPS) is 21.0. The molecule has 0 bridgehead atoms. The van der Waals surface area contributed by atoms with E-state index < -0.39 is 17.6 Å². The fourth-order valence-corrected chi connectivity index (χ4v) is 3.32. The van der Waals surface area contributed by atoms with Gasteiger partial charge in [0, 0.05) is 5.92 Å². The predicted octanol–water partition coefficient (Wildman–Crippen LogP) is 0.557. The van der Waals surface area contributed by atoms with E-state index >= 15 is 0 Å². The second-order valence-electron chi connectivity index (χ2n) is 6.63. The van der Waals surface area contributed by atoms with Crippen molar-refractivity contribution in [2.45, 2.75) is 18.6 Å². The third-order valence-electron chi connectivity index (χ3n) is 4.84. The van der Waals surface area contributed by atoms with Gasteiger partial charge in [-0.1, -0.05) is 24.8 Å². The number of hydrogen-bond acceptors (Lipinski definition) is 7. The highest BCUT2D eigenvalue weighted by atomic mass is 16.4. The molecular formula is C19H21N5O5. The first-order valence-corrected chi connectivity index (χ1v) is 8.81. The van der Waals surface area contributed by atoms with Gasteiger partial charge in [0.15, 0.2) is 11.2 Å². The molecule has 152 valence electrons. The van der Waals surface area contributed by atoms with Crippen molar-refractivity contribution < 1.29 is 20.1 Å². The summed E-state index contributed by atoms with van der Waals surface area (Å²) in [7, 11) is 0. The van der Waals surface area contributed by atoms with E-state index in [0.717, 1.165) is 0 Å². The number of hydrogen-bond donors (Lipinski definition) is 5. The number of benzene rings is 1. The van der Waals surface area contributed by atoms with Gasteiger partial charge in [0.25, 0.3) is 5.56 Å². The number of aromatic carboxylic acids is 1. The van der Waals surface area contributed by atoms with Crippen LogP contribution in [0.4, 0.5) is 5.95 Å². The molecule has 0 saturated heterocycles. The highest BCUT2D eigenvalue weighted by molar-refractivity contribution is 5.87. The van der Waals surface area contributed by atoms with E-state index in [9.17, 15) is 19.8 Å². The molecule has 3 aromatic rings. The lowest BCUT2D eigenvalue weighted by atomic mass is 10.0. The molecule has 4 rings (SSSR count). The number of rotatable bonds is 3. The molecule has 2 aromatic heterocycles. The average Bonchev–Trinajstić information content (AvgIpc) is 3.23. The number of aliphatic hydroxyl groups excluding tert-OH is 2. The lowest BCUT2D eigenvalue weighted by Crippen LogP contribution is -2.17. The predicted molar refractivity (Wildman–Crippen MR) is 105 cm³/mol. The number of fused-ring (bicyclic) bond motifs is 1. The molecule has 3 atom stereocenters. The Balaban J connectivity index is 0.000000224. The van der Waals surface area contributed by atoms with Crippen molar-refractivity contribution in [3.05, 3.63) is 64.7 Å². The largest absolute Gasteiger partial charge is 0.478 e. The van der Waals surface area contributed by atoms with Gasteiger partial charge in [0.2, 0.25) is 5.95 Å². The summed E-state index contributed by atoms with van der Waals surface area (Å²) in [4.78, 5) is 32.4. The summed E-state index contributed by atoms with van der Waals surface area (Å²) in [5.74, 6) is -1.25. The minimum Gasteiger partial charge on any atom is -0.478 e. The molecule has 0 spiro atoms. The molecule has 10 heteroatoms. The van der Waals surface area contributed by atoms with Crippen LogP contribution in [-0.4, -0.2) is 53.5 Å². The Morgan fingerprint density at radius 3 is 2.59 bits per heavy atom. The standard InChI is InChI=1S/C12H15N5O3.C7H6O2/c1-5-6(3-18)8(19)2-7(5)17-4-14-9-10(17)15-12(13)16-11(9)20;8-7(9)6-4-2-1-3-5-6/h4,6-8,18-19H,1-3H2,(H3,13,15,16,20);1-5H,(H,8,9)/t6-,7-,8-;/m0./s1. The number of nitrogens with two attached hydrogens (primary N) is 1. The molecule has 0 aliphatic heterocycles. The maximum Gasteiger partial charge on any atom is 0.335 e. The third-order valence-corrected chi connectivity index (χ3v) is 4.84.